The van der Waals surface area contributed by atoms with Crippen LogP contribution in [0, 0.1) is 0 Å². The number of amides is 1. The number of benzene rings is 1. The van der Waals surface area contributed by atoms with Crippen LogP contribution in [0.4, 0.5) is 5.82 Å². The average molecular weight is 311 g/mol. The van der Waals surface area contributed by atoms with Crippen LogP contribution in [-0.4, -0.2) is 32.9 Å². The van der Waals surface area contributed by atoms with E-state index in [-0.39, 0.29) is 5.91 Å². The molecule has 1 unspecified atom stereocenters. The molecular formula is C17H17N3O3. The third-order valence-electron chi connectivity index (χ3n) is 4.10. The Labute approximate surface area is 133 Å². The van der Waals surface area contributed by atoms with E-state index < -0.39 is 12.0 Å². The summed E-state index contributed by atoms with van der Waals surface area (Å²) < 4.78 is 0. The number of hydrogen-bond donors (Lipinski definition) is 2. The van der Waals surface area contributed by atoms with Crippen molar-refractivity contribution in [2.24, 2.45) is 0 Å². The molecular weight excluding hydrogens is 294 g/mol. The standard InChI is InChI=1S/C17H17N3O3/c1-2-14(17(22)23)20-9-12-4-3-10(7-13(12)16(20)21)11-5-6-19-15(18)8-11/h3-8,14H,2,9H2,1H3,(H2,18,19)(H,22,23). The molecule has 1 aliphatic heterocycles. The topological polar surface area (TPSA) is 96.5 Å². The Morgan fingerprint density at radius 3 is 2.74 bits per heavy atom. The smallest absolute Gasteiger partial charge is 0.326 e. The largest absolute Gasteiger partial charge is 0.480 e. The number of anilines is 1. The van der Waals surface area contributed by atoms with E-state index in [1.165, 1.54) is 4.90 Å². The van der Waals surface area contributed by atoms with Gasteiger partial charge in [-0.15, -0.1) is 0 Å². The SMILES string of the molecule is CCC(C(=O)O)N1Cc2ccc(-c3ccnc(N)c3)cc2C1=O. The van der Waals surface area contributed by atoms with Crippen molar-refractivity contribution in [2.45, 2.75) is 25.9 Å². The molecule has 2 heterocycles. The second-order valence-electron chi connectivity index (χ2n) is 5.54. The summed E-state index contributed by atoms with van der Waals surface area (Å²) in [5.41, 5.74) is 8.83. The molecule has 6 heteroatoms. The van der Waals surface area contributed by atoms with Crippen molar-refractivity contribution in [3.8, 4) is 11.1 Å². The fourth-order valence-electron chi connectivity index (χ4n) is 2.91. The number of carboxylic acid groups (broad SMARTS) is 1. The van der Waals surface area contributed by atoms with Crippen molar-refractivity contribution < 1.29 is 14.7 Å². The van der Waals surface area contributed by atoms with Gasteiger partial charge >= 0.3 is 5.97 Å². The van der Waals surface area contributed by atoms with Crippen LogP contribution in [0.15, 0.2) is 36.5 Å². The van der Waals surface area contributed by atoms with E-state index in [4.69, 9.17) is 5.73 Å². The number of rotatable bonds is 4. The predicted octanol–water partition coefficient (Wildman–Crippen LogP) is 2.15. The molecule has 0 saturated heterocycles. The third kappa shape index (κ3) is 2.63. The van der Waals surface area contributed by atoms with E-state index in [2.05, 4.69) is 4.98 Å². The number of aromatic nitrogens is 1. The summed E-state index contributed by atoms with van der Waals surface area (Å²) in [5.74, 6) is -0.804. The van der Waals surface area contributed by atoms with Gasteiger partial charge in [0.25, 0.3) is 5.91 Å². The molecule has 23 heavy (non-hydrogen) atoms. The normalized spacial score (nSPS) is 14.7. The Kier molecular flexibility index (Phi) is 3.73. The first kappa shape index (κ1) is 15.0. The maximum absolute atomic E-state index is 12.6. The van der Waals surface area contributed by atoms with Gasteiger partial charge in [0.05, 0.1) is 0 Å². The summed E-state index contributed by atoms with van der Waals surface area (Å²) in [5, 5.41) is 9.28. The Hall–Kier alpha value is -2.89. The van der Waals surface area contributed by atoms with Crippen LogP contribution in [0.5, 0.6) is 0 Å². The third-order valence-corrected chi connectivity index (χ3v) is 4.10. The van der Waals surface area contributed by atoms with Crippen LogP contribution in [0.25, 0.3) is 11.1 Å². The highest BCUT2D eigenvalue weighted by Crippen LogP contribution is 2.30. The Balaban J connectivity index is 1.97. The summed E-state index contributed by atoms with van der Waals surface area (Å²) in [6.07, 6.45) is 1.99. The second-order valence-corrected chi connectivity index (χ2v) is 5.54. The molecule has 0 aliphatic carbocycles. The van der Waals surface area contributed by atoms with Crippen molar-refractivity contribution in [3.05, 3.63) is 47.7 Å². The fraction of sp³-hybridized carbons (Fsp3) is 0.235. The maximum Gasteiger partial charge on any atom is 0.326 e. The predicted molar refractivity (Wildman–Crippen MR) is 85.7 cm³/mol. The molecule has 1 atom stereocenters. The molecule has 1 aliphatic rings. The Bertz CT molecular complexity index is 788. The monoisotopic (exact) mass is 311 g/mol. The van der Waals surface area contributed by atoms with Crippen LogP contribution in [0.2, 0.25) is 0 Å². The molecule has 0 fully saturated rings. The van der Waals surface area contributed by atoms with Gasteiger partial charge in [0.1, 0.15) is 11.9 Å². The minimum atomic E-state index is -0.976. The van der Waals surface area contributed by atoms with E-state index >= 15 is 0 Å². The Morgan fingerprint density at radius 1 is 1.35 bits per heavy atom. The van der Waals surface area contributed by atoms with E-state index in [1.807, 2.05) is 18.2 Å². The summed E-state index contributed by atoms with van der Waals surface area (Å²) in [6.45, 7) is 2.10. The lowest BCUT2D eigenvalue weighted by atomic mass is 10.0. The zero-order valence-corrected chi connectivity index (χ0v) is 12.7. The van der Waals surface area contributed by atoms with Gasteiger partial charge in [-0.25, -0.2) is 9.78 Å². The highest BCUT2D eigenvalue weighted by atomic mass is 16.4. The molecule has 1 amide bonds. The quantitative estimate of drug-likeness (QED) is 0.902. The highest BCUT2D eigenvalue weighted by molar-refractivity contribution is 6.01. The average Bonchev–Trinajstić information content (AvgIpc) is 2.84. The van der Waals surface area contributed by atoms with Crippen LogP contribution in [0.3, 0.4) is 0 Å². The molecule has 0 spiro atoms. The van der Waals surface area contributed by atoms with Gasteiger partial charge in [-0.05, 0) is 41.3 Å². The van der Waals surface area contributed by atoms with Crippen molar-refractivity contribution in [1.82, 2.24) is 9.88 Å². The van der Waals surface area contributed by atoms with Gasteiger partial charge < -0.3 is 15.7 Å². The molecule has 118 valence electrons. The lowest BCUT2D eigenvalue weighted by Crippen LogP contribution is -2.40. The number of carbonyl (C=O) groups excluding carboxylic acids is 1. The van der Waals surface area contributed by atoms with Crippen LogP contribution in [-0.2, 0) is 11.3 Å². The number of hydrogen-bond acceptors (Lipinski definition) is 4. The van der Waals surface area contributed by atoms with E-state index in [0.717, 1.165) is 16.7 Å². The number of nitrogen functional groups attached to an aromatic ring is 1. The molecule has 2 aromatic rings. The second kappa shape index (κ2) is 5.72. The van der Waals surface area contributed by atoms with Crippen LogP contribution < -0.4 is 5.73 Å². The fourth-order valence-corrected chi connectivity index (χ4v) is 2.91. The van der Waals surface area contributed by atoms with Crippen molar-refractivity contribution in [2.75, 3.05) is 5.73 Å². The van der Waals surface area contributed by atoms with E-state index in [1.54, 1.807) is 25.3 Å². The number of carboxylic acids is 1. The first-order valence-electron chi connectivity index (χ1n) is 7.40. The minimum Gasteiger partial charge on any atom is -0.480 e. The lowest BCUT2D eigenvalue weighted by Gasteiger charge is -2.22. The van der Waals surface area contributed by atoms with E-state index in [9.17, 15) is 14.7 Å². The van der Waals surface area contributed by atoms with Gasteiger partial charge in [0, 0.05) is 18.3 Å². The summed E-state index contributed by atoms with van der Waals surface area (Å²) in [4.78, 5) is 29.3. The van der Waals surface area contributed by atoms with Gasteiger partial charge in [0.2, 0.25) is 0 Å². The molecule has 3 N–H and O–H groups in total. The molecule has 6 nitrogen and oxygen atoms in total. The molecule has 0 radical (unpaired) electrons. The van der Waals surface area contributed by atoms with Crippen molar-refractivity contribution in [1.29, 1.82) is 0 Å². The Morgan fingerprint density at radius 2 is 2.09 bits per heavy atom. The number of aliphatic carboxylic acids is 1. The molecule has 1 aromatic carbocycles. The van der Waals surface area contributed by atoms with Gasteiger partial charge in [-0.3, -0.25) is 4.79 Å². The van der Waals surface area contributed by atoms with E-state index in [0.29, 0.717) is 24.3 Å². The number of carbonyl (C=O) groups is 2. The summed E-state index contributed by atoms with van der Waals surface area (Å²) in [7, 11) is 0. The number of nitrogens with two attached hydrogens (primary N) is 1. The summed E-state index contributed by atoms with van der Waals surface area (Å²) in [6, 6.07) is 8.34. The first-order valence-corrected chi connectivity index (χ1v) is 7.40. The first-order chi connectivity index (χ1) is 11.0. The molecule has 3 rings (SSSR count). The van der Waals surface area contributed by atoms with Gasteiger partial charge in [-0.2, -0.15) is 0 Å². The van der Waals surface area contributed by atoms with Crippen LogP contribution in [0.1, 0.15) is 29.3 Å². The number of pyridine rings is 1. The zero-order valence-electron chi connectivity index (χ0n) is 12.7. The van der Waals surface area contributed by atoms with Gasteiger partial charge in [0.15, 0.2) is 0 Å². The van der Waals surface area contributed by atoms with Crippen LogP contribution >= 0.6 is 0 Å². The number of nitrogens with zero attached hydrogens (tertiary/aromatic N) is 2. The molecule has 0 bridgehead atoms. The minimum absolute atomic E-state index is 0.238. The highest BCUT2D eigenvalue weighted by Gasteiger charge is 2.35. The lowest BCUT2D eigenvalue weighted by molar-refractivity contribution is -0.142. The van der Waals surface area contributed by atoms with Crippen molar-refractivity contribution >= 4 is 17.7 Å². The number of fused-ring (bicyclic) bond motifs is 1. The van der Waals surface area contributed by atoms with Gasteiger partial charge in [-0.1, -0.05) is 19.1 Å². The zero-order chi connectivity index (χ0) is 16.6. The molecule has 1 aromatic heterocycles. The summed E-state index contributed by atoms with van der Waals surface area (Å²) >= 11 is 0. The maximum atomic E-state index is 12.6. The van der Waals surface area contributed by atoms with Crippen molar-refractivity contribution in [3.63, 3.8) is 0 Å². The molecule has 0 saturated carbocycles.